The number of ketones is 1. The maximum atomic E-state index is 13.1. The molecule has 1 heterocycles. The van der Waals surface area contributed by atoms with E-state index in [1.54, 1.807) is 30.3 Å². The van der Waals surface area contributed by atoms with Gasteiger partial charge in [-0.1, -0.05) is 81.0 Å². The summed E-state index contributed by atoms with van der Waals surface area (Å²) in [6, 6.07) is 36.1. The van der Waals surface area contributed by atoms with Crippen LogP contribution in [0.2, 0.25) is 0 Å². The first kappa shape index (κ1) is 41.2. The second-order valence-electron chi connectivity index (χ2n) is 13.9. The zero-order valence-corrected chi connectivity index (χ0v) is 32.5. The fraction of sp³-hybridized carbons (Fsp3) is 0.245. The quantitative estimate of drug-likeness (QED) is 0.0282. The van der Waals surface area contributed by atoms with Crippen LogP contribution in [-0.2, 0) is 9.59 Å². The highest BCUT2D eigenvalue weighted by Crippen LogP contribution is 2.26. The number of unbranched alkanes of at least 4 members (excludes halogenated alkanes) is 7. The van der Waals surface area contributed by atoms with Crippen molar-refractivity contribution in [1.29, 1.82) is 0 Å². The van der Waals surface area contributed by atoms with E-state index in [4.69, 9.17) is 18.9 Å². The van der Waals surface area contributed by atoms with Crippen molar-refractivity contribution in [2.24, 2.45) is 0 Å². The predicted octanol–water partition coefficient (Wildman–Crippen LogP) is 10.9. The summed E-state index contributed by atoms with van der Waals surface area (Å²) in [5.41, 5.74) is 4.04. The molecule has 8 nitrogen and oxygen atoms in total. The molecular formula is C49H48FNO7. The monoisotopic (exact) mass is 781 g/mol. The Bertz CT molecular complexity index is 2110. The summed E-state index contributed by atoms with van der Waals surface area (Å²) in [6.07, 6.45) is 14.9. The Morgan fingerprint density at radius 1 is 0.483 bits per heavy atom. The largest absolute Gasteiger partial charge is 0.494 e. The number of hydrogen-bond donors (Lipinski definition) is 0. The molecule has 0 saturated heterocycles. The number of allylic oxidation sites excluding steroid dienone is 1. The van der Waals surface area contributed by atoms with Gasteiger partial charge >= 0.3 is 0 Å². The van der Waals surface area contributed by atoms with Crippen LogP contribution in [0.5, 0.6) is 23.0 Å². The second-order valence-corrected chi connectivity index (χ2v) is 13.9. The van der Waals surface area contributed by atoms with Crippen molar-refractivity contribution in [3.8, 4) is 34.1 Å². The molecule has 9 heteroatoms. The fourth-order valence-corrected chi connectivity index (χ4v) is 6.35. The molecule has 298 valence electrons. The minimum absolute atomic E-state index is 0.189. The molecule has 0 radical (unpaired) electrons. The zero-order chi connectivity index (χ0) is 40.4. The van der Waals surface area contributed by atoms with E-state index in [0.717, 1.165) is 64.5 Å². The standard InChI is InChI=1S/C49H48FNO7/c50-41-18-12-40(13-19-41)47(52)30-11-37-9-22-43(23-10-37)57-35-36-58-45-26-16-39(17-27-45)38-14-24-44(25-15-38)55-33-7-5-3-1-2-4-6-8-34-56-46-28-20-42(21-29-46)51-48(53)31-32-49(51)54/h9-32H,1-8,33-36H2. The number of carbonyl (C=O) groups is 3. The van der Waals surface area contributed by atoms with Crippen molar-refractivity contribution in [1.82, 2.24) is 0 Å². The highest BCUT2D eigenvalue weighted by molar-refractivity contribution is 6.28. The maximum Gasteiger partial charge on any atom is 0.258 e. The number of imide groups is 1. The van der Waals surface area contributed by atoms with Crippen LogP contribution in [0.25, 0.3) is 17.2 Å². The summed E-state index contributed by atoms with van der Waals surface area (Å²) in [6.45, 7) is 2.13. The summed E-state index contributed by atoms with van der Waals surface area (Å²) in [5, 5.41) is 0. The molecule has 0 saturated carbocycles. The topological polar surface area (TPSA) is 91.4 Å². The minimum atomic E-state index is -0.373. The molecule has 1 aliphatic heterocycles. The molecule has 0 aliphatic carbocycles. The summed E-state index contributed by atoms with van der Waals surface area (Å²) in [7, 11) is 0. The Balaban J connectivity index is 0.768. The molecule has 0 spiro atoms. The second kappa shape index (κ2) is 21.7. The Morgan fingerprint density at radius 2 is 0.879 bits per heavy atom. The Kier molecular flexibility index (Phi) is 15.4. The molecule has 5 aromatic carbocycles. The molecular weight excluding hydrogens is 734 g/mol. The van der Waals surface area contributed by atoms with Crippen LogP contribution >= 0.6 is 0 Å². The molecule has 0 atom stereocenters. The smallest absolute Gasteiger partial charge is 0.258 e. The fourth-order valence-electron chi connectivity index (χ4n) is 6.35. The number of ether oxygens (including phenoxy) is 4. The van der Waals surface area contributed by atoms with E-state index < -0.39 is 0 Å². The number of carbonyl (C=O) groups excluding carboxylic acids is 3. The molecule has 0 unspecified atom stereocenters. The van der Waals surface area contributed by atoms with Gasteiger partial charge in [0.05, 0.1) is 18.9 Å². The van der Waals surface area contributed by atoms with Gasteiger partial charge in [0.1, 0.15) is 42.0 Å². The first-order valence-electron chi connectivity index (χ1n) is 19.9. The van der Waals surface area contributed by atoms with E-state index in [1.165, 1.54) is 68.2 Å². The average molecular weight is 782 g/mol. The van der Waals surface area contributed by atoms with Crippen molar-refractivity contribution >= 4 is 29.4 Å². The third-order valence-corrected chi connectivity index (χ3v) is 9.58. The van der Waals surface area contributed by atoms with Crippen molar-refractivity contribution in [3.63, 3.8) is 0 Å². The normalized spacial score (nSPS) is 12.3. The molecule has 0 fully saturated rings. The SMILES string of the molecule is O=C(C=Cc1ccc(OCCOc2ccc(-c3ccc(OCCCCCCCCCCOc4ccc(N5C(=O)C=CC5=O)cc4)cc3)cc2)cc1)c1ccc(F)cc1. The van der Waals surface area contributed by atoms with Crippen LogP contribution in [0.1, 0.15) is 67.3 Å². The van der Waals surface area contributed by atoms with Gasteiger partial charge in [0.25, 0.3) is 11.8 Å². The molecule has 1 aliphatic rings. The number of rotatable bonds is 23. The number of nitrogens with zero attached hydrogens (tertiary/aromatic N) is 1. The summed E-state index contributed by atoms with van der Waals surface area (Å²) in [5.74, 6) is 1.87. The highest BCUT2D eigenvalue weighted by Gasteiger charge is 2.24. The van der Waals surface area contributed by atoms with Gasteiger partial charge in [-0.25, -0.2) is 9.29 Å². The van der Waals surface area contributed by atoms with Gasteiger partial charge in [0, 0.05) is 17.7 Å². The number of benzene rings is 5. The minimum Gasteiger partial charge on any atom is -0.494 e. The first-order valence-corrected chi connectivity index (χ1v) is 19.9. The number of halogens is 1. The summed E-state index contributed by atoms with van der Waals surface area (Å²) < 4.78 is 36.6. The van der Waals surface area contributed by atoms with Crippen LogP contribution < -0.4 is 23.8 Å². The molecule has 2 amide bonds. The summed E-state index contributed by atoms with van der Waals surface area (Å²) >= 11 is 0. The zero-order valence-electron chi connectivity index (χ0n) is 32.5. The number of hydrogen-bond acceptors (Lipinski definition) is 7. The lowest BCUT2D eigenvalue weighted by Gasteiger charge is -2.14. The van der Waals surface area contributed by atoms with E-state index in [9.17, 15) is 18.8 Å². The van der Waals surface area contributed by atoms with Crippen molar-refractivity contribution < 1.29 is 37.7 Å². The van der Waals surface area contributed by atoms with Crippen LogP contribution in [0.4, 0.5) is 10.1 Å². The third-order valence-electron chi connectivity index (χ3n) is 9.58. The van der Waals surface area contributed by atoms with Crippen LogP contribution in [0, 0.1) is 5.82 Å². The molecule has 6 rings (SSSR count). The van der Waals surface area contributed by atoms with Gasteiger partial charge in [-0.15, -0.1) is 0 Å². The van der Waals surface area contributed by atoms with Gasteiger partial charge in [0.15, 0.2) is 5.78 Å². The van der Waals surface area contributed by atoms with Gasteiger partial charge in [-0.05, 0) is 121 Å². The van der Waals surface area contributed by atoms with Gasteiger partial charge in [-0.2, -0.15) is 0 Å². The van der Waals surface area contributed by atoms with Crippen LogP contribution in [0.3, 0.4) is 0 Å². The lowest BCUT2D eigenvalue weighted by Crippen LogP contribution is -2.29. The highest BCUT2D eigenvalue weighted by atomic mass is 19.1. The van der Waals surface area contributed by atoms with Gasteiger partial charge in [-0.3, -0.25) is 14.4 Å². The van der Waals surface area contributed by atoms with Crippen LogP contribution in [-0.4, -0.2) is 44.0 Å². The van der Waals surface area contributed by atoms with Crippen molar-refractivity contribution in [2.45, 2.75) is 51.4 Å². The van der Waals surface area contributed by atoms with E-state index in [-0.39, 0.29) is 23.4 Å². The Hall–Kier alpha value is -6.48. The number of anilines is 1. The van der Waals surface area contributed by atoms with E-state index >= 15 is 0 Å². The van der Waals surface area contributed by atoms with Crippen LogP contribution in [0.15, 0.2) is 140 Å². The molecule has 0 aromatic heterocycles. The first-order chi connectivity index (χ1) is 28.4. The molecule has 0 bridgehead atoms. The van der Waals surface area contributed by atoms with E-state index in [1.807, 2.05) is 60.7 Å². The maximum absolute atomic E-state index is 13.1. The van der Waals surface area contributed by atoms with Gasteiger partial charge in [0.2, 0.25) is 0 Å². The van der Waals surface area contributed by atoms with E-state index in [2.05, 4.69) is 12.1 Å². The van der Waals surface area contributed by atoms with E-state index in [0.29, 0.717) is 43.4 Å². The lowest BCUT2D eigenvalue weighted by atomic mass is 10.1. The molecule has 5 aromatic rings. The Labute approximate surface area is 339 Å². The lowest BCUT2D eigenvalue weighted by molar-refractivity contribution is -0.120. The van der Waals surface area contributed by atoms with Crippen molar-refractivity contribution in [2.75, 3.05) is 31.3 Å². The average Bonchev–Trinajstić information content (AvgIpc) is 3.60. The summed E-state index contributed by atoms with van der Waals surface area (Å²) in [4.78, 5) is 37.0. The number of amides is 2. The Morgan fingerprint density at radius 3 is 1.34 bits per heavy atom. The molecule has 0 N–H and O–H groups in total. The predicted molar refractivity (Wildman–Crippen MR) is 225 cm³/mol. The van der Waals surface area contributed by atoms with Crippen molar-refractivity contribution in [3.05, 3.63) is 156 Å². The van der Waals surface area contributed by atoms with Gasteiger partial charge < -0.3 is 18.9 Å². The molecule has 58 heavy (non-hydrogen) atoms. The third kappa shape index (κ3) is 12.8.